The van der Waals surface area contributed by atoms with Crippen LogP contribution in [-0.2, 0) is 16.1 Å². The summed E-state index contributed by atoms with van der Waals surface area (Å²) in [4.78, 5) is 29.2. The van der Waals surface area contributed by atoms with Gasteiger partial charge in [0.05, 0.1) is 37.9 Å². The normalized spacial score (nSPS) is 16.5. The summed E-state index contributed by atoms with van der Waals surface area (Å²) < 4.78 is 16.8. The topological polar surface area (TPSA) is 85.3 Å². The molecule has 1 aromatic heterocycles. The van der Waals surface area contributed by atoms with Crippen LogP contribution in [0.15, 0.2) is 95.9 Å². The van der Waals surface area contributed by atoms with Gasteiger partial charge in [0.25, 0.3) is 11.7 Å². The third-order valence-electron chi connectivity index (χ3n) is 6.26. The van der Waals surface area contributed by atoms with Gasteiger partial charge in [0.15, 0.2) is 0 Å². The molecular formula is C30H25NO6S. The summed E-state index contributed by atoms with van der Waals surface area (Å²) in [6.07, 6.45) is 0. The molecule has 3 aromatic carbocycles. The van der Waals surface area contributed by atoms with E-state index in [1.807, 2.05) is 53.9 Å². The van der Waals surface area contributed by atoms with E-state index < -0.39 is 17.7 Å². The summed E-state index contributed by atoms with van der Waals surface area (Å²) >= 11 is 1.49. The van der Waals surface area contributed by atoms with Crippen LogP contribution in [0.2, 0.25) is 0 Å². The molecule has 1 N–H and O–H groups in total. The number of aliphatic hydroxyl groups is 1. The molecule has 5 rings (SSSR count). The minimum atomic E-state index is -0.854. The Morgan fingerprint density at radius 2 is 1.66 bits per heavy atom. The second-order valence-electron chi connectivity index (χ2n) is 8.56. The second-order valence-corrected chi connectivity index (χ2v) is 9.59. The van der Waals surface area contributed by atoms with Crippen LogP contribution < -0.4 is 14.2 Å². The average Bonchev–Trinajstić information content (AvgIpc) is 3.55. The predicted molar refractivity (Wildman–Crippen MR) is 145 cm³/mol. The molecule has 2 heterocycles. The second kappa shape index (κ2) is 10.8. The van der Waals surface area contributed by atoms with Crippen molar-refractivity contribution >= 4 is 28.8 Å². The molecule has 4 aromatic rings. The highest BCUT2D eigenvalue weighted by atomic mass is 32.1. The highest BCUT2D eigenvalue weighted by Gasteiger charge is 2.46. The van der Waals surface area contributed by atoms with Gasteiger partial charge in [-0.05, 0) is 59.5 Å². The number of Topliss-reactive ketones (excluding diaryl/α,β-unsaturated/α-hetero) is 1. The summed E-state index contributed by atoms with van der Waals surface area (Å²) in [7, 11) is 2.97. The zero-order chi connectivity index (χ0) is 26.6. The van der Waals surface area contributed by atoms with Gasteiger partial charge in [-0.1, -0.05) is 36.4 Å². The van der Waals surface area contributed by atoms with Crippen molar-refractivity contribution in [1.29, 1.82) is 0 Å². The largest absolute Gasteiger partial charge is 0.507 e. The third kappa shape index (κ3) is 4.86. The maximum absolute atomic E-state index is 13.5. The quantitative estimate of drug-likeness (QED) is 0.167. The smallest absolute Gasteiger partial charge is 0.295 e. The van der Waals surface area contributed by atoms with Gasteiger partial charge >= 0.3 is 0 Å². The zero-order valence-electron chi connectivity index (χ0n) is 20.8. The van der Waals surface area contributed by atoms with Gasteiger partial charge in [0.1, 0.15) is 28.8 Å². The first-order valence-corrected chi connectivity index (χ1v) is 12.7. The van der Waals surface area contributed by atoms with E-state index in [1.54, 1.807) is 36.4 Å². The van der Waals surface area contributed by atoms with Gasteiger partial charge in [-0.2, -0.15) is 0 Å². The van der Waals surface area contributed by atoms with Gasteiger partial charge in [-0.15, -0.1) is 11.3 Å². The fraction of sp³-hybridized carbons (Fsp3) is 0.133. The fourth-order valence-corrected chi connectivity index (χ4v) is 5.18. The molecule has 38 heavy (non-hydrogen) atoms. The molecule has 0 saturated carbocycles. The van der Waals surface area contributed by atoms with Crippen LogP contribution in [0.4, 0.5) is 0 Å². The first-order valence-electron chi connectivity index (χ1n) is 11.9. The van der Waals surface area contributed by atoms with Crippen LogP contribution in [0.5, 0.6) is 23.0 Å². The molecule has 8 heteroatoms. The van der Waals surface area contributed by atoms with E-state index in [1.165, 1.54) is 30.5 Å². The van der Waals surface area contributed by atoms with E-state index in [4.69, 9.17) is 14.2 Å². The van der Waals surface area contributed by atoms with Crippen molar-refractivity contribution in [2.24, 2.45) is 0 Å². The Bertz CT molecular complexity index is 1500. The van der Waals surface area contributed by atoms with Crippen molar-refractivity contribution in [3.8, 4) is 23.0 Å². The number of likely N-dealkylation sites (tertiary alicyclic amines) is 1. The predicted octanol–water partition coefficient (Wildman–Crippen LogP) is 6.18. The summed E-state index contributed by atoms with van der Waals surface area (Å²) in [6, 6.07) is 24.3. The molecular weight excluding hydrogens is 502 g/mol. The number of aliphatic hydroxyl groups excluding tert-OH is 1. The molecule has 0 bridgehead atoms. The first kappa shape index (κ1) is 25.1. The molecule has 0 radical (unpaired) electrons. The molecule has 192 valence electrons. The molecule has 7 nitrogen and oxygen atoms in total. The SMILES string of the molecule is COc1ccc(OC)c(/C(O)=C2\C(=O)C(=O)N(Cc3cccs3)C2c2cccc(Oc3ccccc3)c2)c1. The number of amides is 1. The third-order valence-corrected chi connectivity index (χ3v) is 7.12. The zero-order valence-corrected chi connectivity index (χ0v) is 21.6. The van der Waals surface area contributed by atoms with Crippen molar-refractivity contribution in [1.82, 2.24) is 4.90 Å². The van der Waals surface area contributed by atoms with Crippen molar-refractivity contribution < 1.29 is 28.9 Å². The molecule has 0 aliphatic carbocycles. The van der Waals surface area contributed by atoms with Crippen molar-refractivity contribution in [3.63, 3.8) is 0 Å². The molecule has 1 saturated heterocycles. The number of ether oxygens (including phenoxy) is 3. The number of carbonyl (C=O) groups excluding carboxylic acids is 2. The highest BCUT2D eigenvalue weighted by molar-refractivity contribution is 7.09. The Balaban J connectivity index is 1.65. The number of para-hydroxylation sites is 1. The fourth-order valence-electron chi connectivity index (χ4n) is 4.48. The Morgan fingerprint density at radius 1 is 0.868 bits per heavy atom. The summed E-state index contributed by atoms with van der Waals surface area (Å²) in [6.45, 7) is 0.211. The van der Waals surface area contributed by atoms with Crippen LogP contribution in [0.25, 0.3) is 5.76 Å². The van der Waals surface area contributed by atoms with Crippen LogP contribution in [-0.4, -0.2) is 35.9 Å². The van der Waals surface area contributed by atoms with Crippen molar-refractivity contribution in [2.45, 2.75) is 12.6 Å². The standard InChI is InChI=1S/C30H25NO6S/c1-35-21-13-14-25(36-2)24(17-21)28(32)26-27(31(30(34)29(26)33)18-23-12-7-15-38-23)19-8-6-11-22(16-19)37-20-9-4-3-5-10-20/h3-17,27,32H,18H2,1-2H3/b28-26+. The van der Waals surface area contributed by atoms with Gasteiger partial charge < -0.3 is 24.2 Å². The Morgan fingerprint density at radius 3 is 2.37 bits per heavy atom. The van der Waals surface area contributed by atoms with Crippen LogP contribution in [0.3, 0.4) is 0 Å². The number of benzene rings is 3. The van der Waals surface area contributed by atoms with E-state index >= 15 is 0 Å². The summed E-state index contributed by atoms with van der Waals surface area (Å²) in [5.41, 5.74) is 0.843. The number of ketones is 1. The van der Waals surface area contributed by atoms with Gasteiger partial charge in [-0.3, -0.25) is 9.59 Å². The minimum absolute atomic E-state index is 0.0324. The van der Waals surface area contributed by atoms with Crippen molar-refractivity contribution in [2.75, 3.05) is 14.2 Å². The number of rotatable bonds is 8. The Hall–Kier alpha value is -4.56. The van der Waals surface area contributed by atoms with Gasteiger partial charge in [0, 0.05) is 4.88 Å². The molecule has 1 amide bonds. The lowest BCUT2D eigenvalue weighted by Crippen LogP contribution is -2.28. The van der Waals surface area contributed by atoms with Crippen LogP contribution in [0.1, 0.15) is 22.0 Å². The van der Waals surface area contributed by atoms with Gasteiger partial charge in [0.2, 0.25) is 0 Å². The lowest BCUT2D eigenvalue weighted by atomic mass is 9.94. The number of thiophene rings is 1. The highest BCUT2D eigenvalue weighted by Crippen LogP contribution is 2.43. The molecule has 1 aliphatic rings. The van der Waals surface area contributed by atoms with E-state index in [0.29, 0.717) is 28.6 Å². The first-order chi connectivity index (χ1) is 18.5. The average molecular weight is 528 g/mol. The Kier molecular flexibility index (Phi) is 7.15. The Labute approximate surface area is 224 Å². The van der Waals surface area contributed by atoms with E-state index in [-0.39, 0.29) is 23.4 Å². The number of hydrogen-bond donors (Lipinski definition) is 1. The number of hydrogen-bond acceptors (Lipinski definition) is 7. The van der Waals surface area contributed by atoms with Crippen LogP contribution in [0, 0.1) is 0 Å². The number of carbonyl (C=O) groups is 2. The lowest BCUT2D eigenvalue weighted by molar-refractivity contribution is -0.140. The lowest BCUT2D eigenvalue weighted by Gasteiger charge is -2.25. The monoisotopic (exact) mass is 527 g/mol. The molecule has 1 aliphatic heterocycles. The number of nitrogens with zero attached hydrogens (tertiary/aromatic N) is 1. The maximum atomic E-state index is 13.5. The van der Waals surface area contributed by atoms with Crippen LogP contribution >= 0.6 is 11.3 Å². The van der Waals surface area contributed by atoms with E-state index in [9.17, 15) is 14.7 Å². The number of methoxy groups -OCH3 is 2. The molecule has 1 fully saturated rings. The summed E-state index contributed by atoms with van der Waals surface area (Å²) in [5, 5.41) is 13.4. The summed E-state index contributed by atoms with van der Waals surface area (Å²) in [5.74, 6) is 0.187. The van der Waals surface area contributed by atoms with Gasteiger partial charge in [-0.25, -0.2) is 0 Å². The van der Waals surface area contributed by atoms with E-state index in [0.717, 1.165) is 4.88 Å². The maximum Gasteiger partial charge on any atom is 0.295 e. The minimum Gasteiger partial charge on any atom is -0.507 e. The van der Waals surface area contributed by atoms with E-state index in [2.05, 4.69) is 0 Å². The molecule has 1 unspecified atom stereocenters. The van der Waals surface area contributed by atoms with Crippen molar-refractivity contribution in [3.05, 3.63) is 112 Å². The molecule has 0 spiro atoms. The molecule has 1 atom stereocenters.